The quantitative estimate of drug-likeness (QED) is 0.536. The predicted octanol–water partition coefficient (Wildman–Crippen LogP) is 4.36. The van der Waals surface area contributed by atoms with Crippen molar-refractivity contribution in [1.82, 2.24) is 5.32 Å². The highest BCUT2D eigenvalue weighted by atomic mass is 79.9. The second kappa shape index (κ2) is 9.09. The Morgan fingerprint density at radius 1 is 1.21 bits per heavy atom. The van der Waals surface area contributed by atoms with Crippen LogP contribution in [0.2, 0.25) is 0 Å². The van der Waals surface area contributed by atoms with Gasteiger partial charge < -0.3 is 5.32 Å². The van der Waals surface area contributed by atoms with Gasteiger partial charge in [0, 0.05) is 16.7 Å². The molecule has 1 N–H and O–H groups in total. The van der Waals surface area contributed by atoms with Gasteiger partial charge in [0.1, 0.15) is 16.7 Å². The Hall–Kier alpha value is -2.56. The number of rotatable bonds is 5. The minimum atomic E-state index is -0.486. The molecule has 0 bridgehead atoms. The molecule has 0 aromatic heterocycles. The molecule has 0 saturated carbocycles. The van der Waals surface area contributed by atoms with Crippen molar-refractivity contribution in [3.05, 3.63) is 75.2 Å². The fourth-order valence-electron chi connectivity index (χ4n) is 2.81. The highest BCUT2D eigenvalue weighted by Crippen LogP contribution is 2.41. The molecule has 5 nitrogen and oxygen atoms in total. The van der Waals surface area contributed by atoms with Crippen LogP contribution in [0.4, 0.5) is 5.69 Å². The van der Waals surface area contributed by atoms with Crippen LogP contribution >= 0.6 is 27.7 Å². The zero-order chi connectivity index (χ0) is 20.1. The number of thioether (sulfide) groups is 1. The Bertz CT molecular complexity index is 952. The van der Waals surface area contributed by atoms with E-state index in [-0.39, 0.29) is 16.7 Å². The molecule has 2 amide bonds. The van der Waals surface area contributed by atoms with Crippen LogP contribution in [0.1, 0.15) is 18.9 Å². The van der Waals surface area contributed by atoms with E-state index < -0.39 is 5.91 Å². The van der Waals surface area contributed by atoms with Gasteiger partial charge in [0.2, 0.25) is 5.91 Å². The van der Waals surface area contributed by atoms with Crippen molar-refractivity contribution in [3.8, 4) is 6.07 Å². The van der Waals surface area contributed by atoms with Crippen molar-refractivity contribution in [2.75, 3.05) is 4.90 Å². The van der Waals surface area contributed by atoms with Crippen LogP contribution in [-0.4, -0.2) is 17.1 Å². The van der Waals surface area contributed by atoms with Crippen molar-refractivity contribution in [3.63, 3.8) is 0 Å². The van der Waals surface area contributed by atoms with E-state index in [4.69, 9.17) is 0 Å². The molecule has 2 aromatic rings. The Balaban J connectivity index is 1.93. The summed E-state index contributed by atoms with van der Waals surface area (Å²) in [5, 5.41) is 12.5. The zero-order valence-electron chi connectivity index (χ0n) is 15.2. The number of halogens is 1. The van der Waals surface area contributed by atoms with E-state index in [9.17, 15) is 14.9 Å². The fraction of sp³-hybridized carbons (Fsp3) is 0.190. The third-order valence-corrected chi connectivity index (χ3v) is 6.22. The molecule has 1 atom stereocenters. The maximum Gasteiger partial charge on any atom is 0.264 e. The van der Waals surface area contributed by atoms with Gasteiger partial charge in [-0.05, 0) is 36.2 Å². The molecule has 0 aliphatic carbocycles. The van der Waals surface area contributed by atoms with Gasteiger partial charge in [-0.15, -0.1) is 0 Å². The third kappa shape index (κ3) is 4.29. The van der Waals surface area contributed by atoms with Crippen LogP contribution in [-0.2, 0) is 16.1 Å². The van der Waals surface area contributed by atoms with E-state index in [1.54, 1.807) is 12.1 Å². The molecule has 1 fully saturated rings. The van der Waals surface area contributed by atoms with Crippen LogP contribution in [0.15, 0.2) is 69.7 Å². The van der Waals surface area contributed by atoms with Crippen LogP contribution in [0.5, 0.6) is 0 Å². The fourth-order valence-corrected chi connectivity index (χ4v) is 4.27. The Kier molecular flexibility index (Phi) is 6.55. The van der Waals surface area contributed by atoms with Gasteiger partial charge >= 0.3 is 0 Å². The normalized spacial score (nSPS) is 18.0. The maximum absolute atomic E-state index is 12.9. The third-order valence-electron chi connectivity index (χ3n) is 4.26. The molecule has 0 spiro atoms. The number of anilines is 1. The summed E-state index contributed by atoms with van der Waals surface area (Å²) in [6, 6.07) is 18.7. The van der Waals surface area contributed by atoms with E-state index in [0.29, 0.717) is 23.7 Å². The van der Waals surface area contributed by atoms with E-state index in [2.05, 4.69) is 21.2 Å². The maximum atomic E-state index is 12.9. The molecule has 1 saturated heterocycles. The second-order valence-corrected chi connectivity index (χ2v) is 8.23. The number of carbonyl (C=O) groups is 2. The molecule has 3 rings (SSSR count). The Morgan fingerprint density at radius 3 is 2.50 bits per heavy atom. The number of nitrogens with one attached hydrogen (secondary N) is 1. The summed E-state index contributed by atoms with van der Waals surface area (Å²) in [6.45, 7) is 2.23. The van der Waals surface area contributed by atoms with Gasteiger partial charge in [0.15, 0.2) is 0 Å². The molecule has 7 heteroatoms. The smallest absolute Gasteiger partial charge is 0.264 e. The lowest BCUT2D eigenvalue weighted by atomic mass is 10.2. The number of nitrogens with zero attached hydrogens (tertiary/aromatic N) is 2. The first-order valence-corrected chi connectivity index (χ1v) is 10.4. The average Bonchev–Trinajstić information content (AvgIpc) is 3.04. The van der Waals surface area contributed by atoms with Crippen molar-refractivity contribution in [2.24, 2.45) is 0 Å². The van der Waals surface area contributed by atoms with Gasteiger partial charge in [-0.1, -0.05) is 64.9 Å². The number of hydrogen-bond acceptors (Lipinski definition) is 4. The largest absolute Gasteiger partial charge is 0.347 e. The number of hydrogen-bond donors (Lipinski definition) is 1. The molecule has 0 radical (unpaired) electrons. The standard InChI is InChI=1S/C21H18BrN3O2S/c1-2-18-20(27)25(16-10-8-15(22)9-11-16)21(28-18)17(12-23)19(26)24-13-14-6-4-3-5-7-14/h3-11,18H,2,13H2,1H3,(H,24,26)/b21-17+/t18-/m0/s1. The average molecular weight is 456 g/mol. The van der Waals surface area contributed by atoms with Crippen LogP contribution in [0, 0.1) is 11.3 Å². The van der Waals surface area contributed by atoms with Gasteiger partial charge in [-0.2, -0.15) is 5.26 Å². The number of nitriles is 1. The van der Waals surface area contributed by atoms with Crippen molar-refractivity contribution >= 4 is 45.2 Å². The zero-order valence-corrected chi connectivity index (χ0v) is 17.6. The lowest BCUT2D eigenvalue weighted by Crippen LogP contribution is -2.31. The summed E-state index contributed by atoms with van der Waals surface area (Å²) in [5.41, 5.74) is 1.52. The molecule has 1 heterocycles. The summed E-state index contributed by atoms with van der Waals surface area (Å²) in [4.78, 5) is 27.1. The summed E-state index contributed by atoms with van der Waals surface area (Å²) < 4.78 is 0.884. The number of amides is 2. The lowest BCUT2D eigenvalue weighted by molar-refractivity contribution is -0.117. The minimum absolute atomic E-state index is 0.0480. The van der Waals surface area contributed by atoms with Gasteiger partial charge in [0.05, 0.1) is 5.25 Å². The molecule has 142 valence electrons. The number of carbonyl (C=O) groups excluding carboxylic acids is 2. The SMILES string of the molecule is CC[C@@H]1S/C(=C(\C#N)C(=O)NCc2ccccc2)N(c2ccc(Br)cc2)C1=O. The summed E-state index contributed by atoms with van der Waals surface area (Å²) in [5.74, 6) is -0.603. The summed E-state index contributed by atoms with van der Waals surface area (Å²) in [7, 11) is 0. The van der Waals surface area contributed by atoms with Crippen LogP contribution in [0.3, 0.4) is 0 Å². The van der Waals surface area contributed by atoms with Crippen molar-refractivity contribution in [2.45, 2.75) is 25.1 Å². The molecule has 1 aliphatic heterocycles. The number of benzene rings is 2. The van der Waals surface area contributed by atoms with E-state index in [0.717, 1.165) is 10.0 Å². The van der Waals surface area contributed by atoms with Gasteiger partial charge in [-0.25, -0.2) is 0 Å². The predicted molar refractivity (Wildman–Crippen MR) is 114 cm³/mol. The van der Waals surface area contributed by atoms with E-state index in [1.165, 1.54) is 16.7 Å². The first-order valence-electron chi connectivity index (χ1n) is 8.77. The first kappa shape index (κ1) is 20.2. The van der Waals surface area contributed by atoms with Crippen molar-refractivity contribution in [1.29, 1.82) is 5.26 Å². The van der Waals surface area contributed by atoms with Crippen LogP contribution < -0.4 is 10.2 Å². The molecule has 1 aliphatic rings. The highest BCUT2D eigenvalue weighted by Gasteiger charge is 2.39. The van der Waals surface area contributed by atoms with Crippen LogP contribution in [0.25, 0.3) is 0 Å². The molecular formula is C21H18BrN3O2S. The summed E-state index contributed by atoms with van der Waals surface area (Å²) >= 11 is 4.65. The molecule has 2 aromatic carbocycles. The summed E-state index contributed by atoms with van der Waals surface area (Å²) in [6.07, 6.45) is 0.615. The monoisotopic (exact) mass is 455 g/mol. The first-order chi connectivity index (χ1) is 13.5. The molecular weight excluding hydrogens is 438 g/mol. The highest BCUT2D eigenvalue weighted by molar-refractivity contribution is 9.10. The Morgan fingerprint density at radius 2 is 1.89 bits per heavy atom. The molecule has 0 unspecified atom stereocenters. The topological polar surface area (TPSA) is 73.2 Å². The van der Waals surface area contributed by atoms with Gasteiger partial charge in [-0.3, -0.25) is 14.5 Å². The van der Waals surface area contributed by atoms with Crippen molar-refractivity contribution < 1.29 is 9.59 Å². The Labute approximate surface area is 176 Å². The lowest BCUT2D eigenvalue weighted by Gasteiger charge is -2.18. The van der Waals surface area contributed by atoms with E-state index in [1.807, 2.05) is 55.5 Å². The second-order valence-electron chi connectivity index (χ2n) is 6.13. The van der Waals surface area contributed by atoms with Gasteiger partial charge in [0.25, 0.3) is 5.91 Å². The molecule has 28 heavy (non-hydrogen) atoms. The van der Waals surface area contributed by atoms with E-state index >= 15 is 0 Å². The minimum Gasteiger partial charge on any atom is -0.347 e.